The van der Waals surface area contributed by atoms with E-state index in [9.17, 15) is 4.79 Å². The smallest absolute Gasteiger partial charge is 0.273 e. The van der Waals surface area contributed by atoms with Crippen molar-refractivity contribution in [2.24, 2.45) is 5.41 Å². The molecule has 1 aromatic rings. The molecule has 124 valence electrons. The van der Waals surface area contributed by atoms with Crippen LogP contribution in [0.4, 0.5) is 0 Å². The van der Waals surface area contributed by atoms with Crippen molar-refractivity contribution in [2.45, 2.75) is 32.7 Å². The minimum Gasteiger partial charge on any atom is -0.350 e. The predicted octanol–water partition coefficient (Wildman–Crippen LogP) is 0.520. The van der Waals surface area contributed by atoms with E-state index in [4.69, 9.17) is 0 Å². The molecule has 2 rings (SSSR count). The van der Waals surface area contributed by atoms with Crippen LogP contribution in [0.3, 0.4) is 0 Å². The second-order valence-corrected chi connectivity index (χ2v) is 7.15. The lowest BCUT2D eigenvalue weighted by Gasteiger charge is -2.28. The summed E-state index contributed by atoms with van der Waals surface area (Å²) in [5.41, 5.74) is 0.420. The minimum atomic E-state index is -0.146. The predicted molar refractivity (Wildman–Crippen MR) is 85.8 cm³/mol. The van der Waals surface area contributed by atoms with E-state index in [-0.39, 0.29) is 11.3 Å². The number of hydrogen-bond acceptors (Lipinski definition) is 5. The van der Waals surface area contributed by atoms with Crippen molar-refractivity contribution in [1.82, 2.24) is 30.5 Å². The second kappa shape index (κ2) is 7.19. The topological polar surface area (TPSA) is 75.1 Å². The van der Waals surface area contributed by atoms with Crippen LogP contribution in [0.25, 0.3) is 0 Å². The molecule has 7 nitrogen and oxygen atoms in total. The molecule has 1 amide bonds. The zero-order chi connectivity index (χ0) is 16.2. The summed E-state index contributed by atoms with van der Waals surface area (Å²) in [7, 11) is 4.07. The van der Waals surface area contributed by atoms with Crippen molar-refractivity contribution < 1.29 is 4.79 Å². The van der Waals surface area contributed by atoms with Gasteiger partial charge in [-0.2, -0.15) is 0 Å². The largest absolute Gasteiger partial charge is 0.350 e. The van der Waals surface area contributed by atoms with Crippen molar-refractivity contribution in [1.29, 1.82) is 0 Å². The maximum atomic E-state index is 12.2. The molecule has 2 heterocycles. The molecule has 0 spiro atoms. The molecule has 0 aliphatic carbocycles. The van der Waals surface area contributed by atoms with Crippen molar-refractivity contribution in [3.05, 3.63) is 11.9 Å². The molecule has 0 saturated carbocycles. The highest BCUT2D eigenvalue weighted by Crippen LogP contribution is 2.17. The van der Waals surface area contributed by atoms with Crippen molar-refractivity contribution >= 4 is 5.91 Å². The van der Waals surface area contributed by atoms with Crippen molar-refractivity contribution in [3.63, 3.8) is 0 Å². The summed E-state index contributed by atoms with van der Waals surface area (Å²) in [5, 5.41) is 14.4. The quantitative estimate of drug-likeness (QED) is 0.801. The highest BCUT2D eigenvalue weighted by atomic mass is 16.2. The fraction of sp³-hybridized carbons (Fsp3) is 0.800. The zero-order valence-corrected chi connectivity index (χ0v) is 14.1. The Kier molecular flexibility index (Phi) is 5.52. The van der Waals surface area contributed by atoms with E-state index in [0.717, 1.165) is 32.5 Å². The number of piperidine rings is 1. The Labute approximate surface area is 132 Å². The molecular formula is C15H28N6O. The number of carbonyl (C=O) groups excluding carboxylic acids is 1. The van der Waals surface area contributed by atoms with E-state index in [1.54, 1.807) is 6.20 Å². The molecule has 1 aliphatic rings. The number of nitrogens with zero attached hydrogens (tertiary/aromatic N) is 4. The normalized spacial score (nSPS) is 17.0. The van der Waals surface area contributed by atoms with E-state index in [1.165, 1.54) is 0 Å². The van der Waals surface area contributed by atoms with Gasteiger partial charge in [-0.1, -0.05) is 19.1 Å². The monoisotopic (exact) mass is 308 g/mol. The van der Waals surface area contributed by atoms with Gasteiger partial charge in [0.25, 0.3) is 5.91 Å². The van der Waals surface area contributed by atoms with Gasteiger partial charge in [-0.25, -0.2) is 4.68 Å². The van der Waals surface area contributed by atoms with E-state index in [1.807, 2.05) is 18.8 Å². The molecule has 1 aromatic heterocycles. The Balaban J connectivity index is 1.89. The van der Waals surface area contributed by atoms with Crippen molar-refractivity contribution in [2.75, 3.05) is 40.3 Å². The van der Waals surface area contributed by atoms with Gasteiger partial charge >= 0.3 is 0 Å². The van der Waals surface area contributed by atoms with Gasteiger partial charge in [-0.15, -0.1) is 5.10 Å². The summed E-state index contributed by atoms with van der Waals surface area (Å²) in [4.78, 5) is 14.3. The number of hydrogen-bond donors (Lipinski definition) is 2. The van der Waals surface area contributed by atoms with Gasteiger partial charge in [0.1, 0.15) is 0 Å². The third-order valence-corrected chi connectivity index (χ3v) is 3.90. The first kappa shape index (κ1) is 16.9. The summed E-state index contributed by atoms with van der Waals surface area (Å²) in [6, 6.07) is 0.348. The first-order chi connectivity index (χ1) is 10.4. The third-order valence-electron chi connectivity index (χ3n) is 3.90. The Morgan fingerprint density at radius 3 is 2.77 bits per heavy atom. The summed E-state index contributed by atoms with van der Waals surface area (Å²) in [5.74, 6) is -0.146. The Hall–Kier alpha value is -1.47. The fourth-order valence-corrected chi connectivity index (χ4v) is 2.95. The molecular weight excluding hydrogens is 280 g/mol. The second-order valence-electron chi connectivity index (χ2n) is 7.15. The standard InChI is InChI=1S/C15H28N6O/c1-15(2,11-20(3)4)10-17-14(22)13-9-21(19-18-13)12-5-7-16-8-6-12/h9,12,16H,5-8,10-11H2,1-4H3,(H,17,22). The Morgan fingerprint density at radius 1 is 1.45 bits per heavy atom. The van der Waals surface area contributed by atoms with Crippen LogP contribution in [0.1, 0.15) is 43.2 Å². The zero-order valence-electron chi connectivity index (χ0n) is 14.1. The van der Waals surface area contributed by atoms with Crippen LogP contribution in [-0.4, -0.2) is 66.1 Å². The first-order valence-corrected chi connectivity index (χ1v) is 7.93. The van der Waals surface area contributed by atoms with Crippen LogP contribution >= 0.6 is 0 Å². The number of carbonyl (C=O) groups is 1. The van der Waals surface area contributed by atoms with Crippen LogP contribution in [0.15, 0.2) is 6.20 Å². The molecule has 0 atom stereocenters. The van der Waals surface area contributed by atoms with Gasteiger partial charge < -0.3 is 15.5 Å². The van der Waals surface area contributed by atoms with Gasteiger partial charge in [0.15, 0.2) is 5.69 Å². The molecule has 1 saturated heterocycles. The molecule has 1 fully saturated rings. The Morgan fingerprint density at radius 2 is 2.14 bits per heavy atom. The summed E-state index contributed by atoms with van der Waals surface area (Å²) >= 11 is 0. The average Bonchev–Trinajstić information content (AvgIpc) is 2.94. The minimum absolute atomic E-state index is 0.0180. The molecule has 22 heavy (non-hydrogen) atoms. The van der Waals surface area contributed by atoms with E-state index in [2.05, 4.69) is 39.7 Å². The highest BCUT2D eigenvalue weighted by Gasteiger charge is 2.22. The molecule has 7 heteroatoms. The lowest BCUT2D eigenvalue weighted by atomic mass is 9.93. The van der Waals surface area contributed by atoms with Crippen molar-refractivity contribution in [3.8, 4) is 0 Å². The van der Waals surface area contributed by atoms with E-state index < -0.39 is 0 Å². The number of nitrogens with one attached hydrogen (secondary N) is 2. The average molecular weight is 308 g/mol. The van der Waals surface area contributed by atoms with Gasteiger partial charge in [0, 0.05) is 13.1 Å². The molecule has 0 unspecified atom stereocenters. The molecule has 1 aliphatic heterocycles. The van der Waals surface area contributed by atoms with Gasteiger partial charge in [0.05, 0.1) is 12.2 Å². The SMILES string of the molecule is CN(C)CC(C)(C)CNC(=O)c1cn(C2CCNCC2)nn1. The summed E-state index contributed by atoms with van der Waals surface area (Å²) in [6.45, 7) is 7.78. The molecule has 0 aromatic carbocycles. The number of aromatic nitrogens is 3. The van der Waals surface area contributed by atoms with Crippen LogP contribution < -0.4 is 10.6 Å². The summed E-state index contributed by atoms with van der Waals surface area (Å²) < 4.78 is 1.83. The maximum absolute atomic E-state index is 12.2. The molecule has 2 N–H and O–H groups in total. The molecule has 0 radical (unpaired) electrons. The van der Waals surface area contributed by atoms with Gasteiger partial charge in [0.2, 0.25) is 0 Å². The first-order valence-electron chi connectivity index (χ1n) is 7.93. The maximum Gasteiger partial charge on any atom is 0.273 e. The lowest BCUT2D eigenvalue weighted by Crippen LogP contribution is -2.40. The number of rotatable bonds is 6. The number of amides is 1. The van der Waals surface area contributed by atoms with Gasteiger partial charge in [-0.3, -0.25) is 4.79 Å². The van der Waals surface area contributed by atoms with Crippen LogP contribution in [0, 0.1) is 5.41 Å². The van der Waals surface area contributed by atoms with E-state index >= 15 is 0 Å². The van der Waals surface area contributed by atoms with E-state index in [0.29, 0.717) is 18.3 Å². The Bertz CT molecular complexity index is 490. The fourth-order valence-electron chi connectivity index (χ4n) is 2.95. The van der Waals surface area contributed by atoms with Crippen LogP contribution in [0.2, 0.25) is 0 Å². The van der Waals surface area contributed by atoms with Crippen LogP contribution in [0.5, 0.6) is 0 Å². The van der Waals surface area contributed by atoms with Crippen LogP contribution in [-0.2, 0) is 0 Å². The summed E-state index contributed by atoms with van der Waals surface area (Å²) in [6.07, 6.45) is 3.82. The van der Waals surface area contributed by atoms with Gasteiger partial charge in [-0.05, 0) is 45.4 Å². The molecule has 0 bridgehead atoms. The third kappa shape index (κ3) is 4.78. The lowest BCUT2D eigenvalue weighted by molar-refractivity contribution is 0.0924. The highest BCUT2D eigenvalue weighted by molar-refractivity contribution is 5.91.